The molecular formula is C14H20ClNO. The molecule has 1 saturated carbocycles. The number of benzene rings is 1. The van der Waals surface area contributed by atoms with E-state index in [4.69, 9.17) is 11.6 Å². The fourth-order valence-corrected chi connectivity index (χ4v) is 2.91. The second kappa shape index (κ2) is 5.38. The highest BCUT2D eigenvalue weighted by atomic mass is 35.5. The molecule has 1 aromatic carbocycles. The van der Waals surface area contributed by atoms with Gasteiger partial charge in [-0.2, -0.15) is 0 Å². The molecule has 1 fully saturated rings. The molecule has 1 N–H and O–H groups in total. The molecule has 17 heavy (non-hydrogen) atoms. The lowest BCUT2D eigenvalue weighted by Gasteiger charge is -2.28. The first-order valence-electron chi connectivity index (χ1n) is 6.23. The van der Waals surface area contributed by atoms with Gasteiger partial charge >= 0.3 is 0 Å². The van der Waals surface area contributed by atoms with Crippen molar-refractivity contribution in [3.8, 4) is 0 Å². The Morgan fingerprint density at radius 1 is 1.35 bits per heavy atom. The largest absolute Gasteiger partial charge is 0.389 e. The molecule has 94 valence electrons. The molecule has 0 unspecified atom stereocenters. The van der Waals surface area contributed by atoms with Crippen LogP contribution in [0.15, 0.2) is 24.3 Å². The van der Waals surface area contributed by atoms with Crippen molar-refractivity contribution in [2.45, 2.75) is 37.8 Å². The topological polar surface area (TPSA) is 23.5 Å². The van der Waals surface area contributed by atoms with Crippen molar-refractivity contribution in [3.05, 3.63) is 34.9 Å². The van der Waals surface area contributed by atoms with E-state index in [1.807, 2.05) is 18.2 Å². The van der Waals surface area contributed by atoms with Crippen molar-refractivity contribution in [1.82, 2.24) is 4.90 Å². The maximum atomic E-state index is 10.3. The zero-order valence-electron chi connectivity index (χ0n) is 10.3. The Kier molecular flexibility index (Phi) is 4.08. The van der Waals surface area contributed by atoms with Gasteiger partial charge in [0.05, 0.1) is 5.60 Å². The zero-order chi connectivity index (χ0) is 12.3. The van der Waals surface area contributed by atoms with Crippen molar-refractivity contribution in [1.29, 1.82) is 0 Å². The van der Waals surface area contributed by atoms with Gasteiger partial charge in [0, 0.05) is 18.1 Å². The smallest absolute Gasteiger partial charge is 0.0774 e. The van der Waals surface area contributed by atoms with Gasteiger partial charge in [0.2, 0.25) is 0 Å². The van der Waals surface area contributed by atoms with Crippen molar-refractivity contribution in [2.75, 3.05) is 13.6 Å². The molecule has 0 amide bonds. The lowest BCUT2D eigenvalue weighted by atomic mass is 10.0. The molecule has 2 nitrogen and oxygen atoms in total. The molecule has 0 aromatic heterocycles. The summed E-state index contributed by atoms with van der Waals surface area (Å²) in [6.45, 7) is 1.59. The minimum absolute atomic E-state index is 0.465. The second-order valence-electron chi connectivity index (χ2n) is 5.23. The van der Waals surface area contributed by atoms with E-state index < -0.39 is 5.60 Å². The molecule has 0 saturated heterocycles. The van der Waals surface area contributed by atoms with Crippen LogP contribution < -0.4 is 0 Å². The van der Waals surface area contributed by atoms with E-state index >= 15 is 0 Å². The quantitative estimate of drug-likeness (QED) is 0.892. The summed E-state index contributed by atoms with van der Waals surface area (Å²) in [5.74, 6) is 0. The number of hydrogen-bond donors (Lipinski definition) is 1. The Morgan fingerprint density at radius 3 is 2.71 bits per heavy atom. The van der Waals surface area contributed by atoms with Gasteiger partial charge in [0.25, 0.3) is 0 Å². The summed E-state index contributed by atoms with van der Waals surface area (Å²) in [5.41, 5.74) is 0.731. The van der Waals surface area contributed by atoms with Gasteiger partial charge < -0.3 is 5.11 Å². The van der Waals surface area contributed by atoms with Crippen LogP contribution in [0.3, 0.4) is 0 Å². The van der Waals surface area contributed by atoms with E-state index in [0.29, 0.717) is 0 Å². The van der Waals surface area contributed by atoms with Crippen molar-refractivity contribution < 1.29 is 5.11 Å². The number of rotatable bonds is 4. The Morgan fingerprint density at radius 2 is 2.06 bits per heavy atom. The molecule has 1 aromatic rings. The Hall–Kier alpha value is -0.570. The lowest BCUT2D eigenvalue weighted by molar-refractivity contribution is 0.0145. The molecule has 0 heterocycles. The van der Waals surface area contributed by atoms with Crippen molar-refractivity contribution in [2.24, 2.45) is 0 Å². The fraction of sp³-hybridized carbons (Fsp3) is 0.571. The number of hydrogen-bond acceptors (Lipinski definition) is 2. The third-order valence-corrected chi connectivity index (χ3v) is 3.68. The van der Waals surface area contributed by atoms with Crippen LogP contribution in [0, 0.1) is 0 Å². The van der Waals surface area contributed by atoms with Gasteiger partial charge in [0.1, 0.15) is 0 Å². The summed E-state index contributed by atoms with van der Waals surface area (Å²) in [6, 6.07) is 7.91. The van der Waals surface area contributed by atoms with Crippen LogP contribution in [0.1, 0.15) is 31.2 Å². The van der Waals surface area contributed by atoms with Gasteiger partial charge in [-0.25, -0.2) is 0 Å². The van der Waals surface area contributed by atoms with Crippen LogP contribution in [-0.4, -0.2) is 29.2 Å². The summed E-state index contributed by atoms with van der Waals surface area (Å²) in [7, 11) is 2.05. The van der Waals surface area contributed by atoms with E-state index in [1.54, 1.807) is 0 Å². The van der Waals surface area contributed by atoms with E-state index in [-0.39, 0.29) is 0 Å². The van der Waals surface area contributed by atoms with Crippen molar-refractivity contribution >= 4 is 11.6 Å². The molecule has 0 aliphatic heterocycles. The zero-order valence-corrected chi connectivity index (χ0v) is 11.1. The van der Waals surface area contributed by atoms with Gasteiger partial charge in [-0.3, -0.25) is 4.90 Å². The maximum absolute atomic E-state index is 10.3. The monoisotopic (exact) mass is 253 g/mol. The van der Waals surface area contributed by atoms with E-state index in [0.717, 1.165) is 43.8 Å². The Bertz CT molecular complexity index is 374. The summed E-state index contributed by atoms with van der Waals surface area (Å²) in [5, 5.41) is 11.1. The van der Waals surface area contributed by atoms with Crippen LogP contribution in [0.4, 0.5) is 0 Å². The predicted molar refractivity (Wildman–Crippen MR) is 71.2 cm³/mol. The average Bonchev–Trinajstić information content (AvgIpc) is 2.64. The first-order chi connectivity index (χ1) is 8.07. The summed E-state index contributed by atoms with van der Waals surface area (Å²) >= 11 is 5.96. The summed E-state index contributed by atoms with van der Waals surface area (Å²) < 4.78 is 0. The number of aliphatic hydroxyl groups is 1. The Labute approximate surface area is 108 Å². The van der Waals surface area contributed by atoms with Crippen LogP contribution in [0.5, 0.6) is 0 Å². The van der Waals surface area contributed by atoms with Crippen LogP contribution in [0.2, 0.25) is 5.02 Å². The van der Waals surface area contributed by atoms with Gasteiger partial charge in [0.15, 0.2) is 0 Å². The second-order valence-corrected chi connectivity index (χ2v) is 5.67. The third-order valence-electron chi connectivity index (χ3n) is 3.44. The van der Waals surface area contributed by atoms with E-state index in [9.17, 15) is 5.11 Å². The maximum Gasteiger partial charge on any atom is 0.0774 e. The minimum atomic E-state index is -0.465. The predicted octanol–water partition coefficient (Wildman–Crippen LogP) is 3.08. The fourth-order valence-electron chi connectivity index (χ4n) is 2.70. The normalized spacial score (nSPS) is 18.8. The highest BCUT2D eigenvalue weighted by molar-refractivity contribution is 6.30. The number of nitrogens with zero attached hydrogens (tertiary/aromatic N) is 1. The number of likely N-dealkylation sites (N-methyl/N-ethyl adjacent to an activating group) is 1. The molecule has 0 radical (unpaired) electrons. The highest BCUT2D eigenvalue weighted by Crippen LogP contribution is 2.30. The molecule has 2 rings (SSSR count). The molecule has 1 aliphatic carbocycles. The van der Waals surface area contributed by atoms with Crippen LogP contribution in [-0.2, 0) is 6.54 Å². The van der Waals surface area contributed by atoms with Crippen LogP contribution >= 0.6 is 11.6 Å². The van der Waals surface area contributed by atoms with Crippen molar-refractivity contribution in [3.63, 3.8) is 0 Å². The molecule has 3 heteroatoms. The average molecular weight is 254 g/mol. The first-order valence-corrected chi connectivity index (χ1v) is 6.61. The SMILES string of the molecule is CN(Cc1cccc(Cl)c1)CC1(O)CCCC1. The van der Waals surface area contributed by atoms with Crippen LogP contribution in [0.25, 0.3) is 0 Å². The van der Waals surface area contributed by atoms with Gasteiger partial charge in [-0.1, -0.05) is 36.6 Å². The van der Waals surface area contributed by atoms with E-state index in [1.165, 1.54) is 5.56 Å². The van der Waals surface area contributed by atoms with E-state index in [2.05, 4.69) is 18.0 Å². The highest BCUT2D eigenvalue weighted by Gasteiger charge is 2.31. The molecule has 0 bridgehead atoms. The lowest BCUT2D eigenvalue weighted by Crippen LogP contribution is -2.38. The Balaban J connectivity index is 1.90. The minimum Gasteiger partial charge on any atom is -0.389 e. The summed E-state index contributed by atoms with van der Waals surface area (Å²) in [4.78, 5) is 2.18. The third kappa shape index (κ3) is 3.70. The molecule has 1 aliphatic rings. The molecule has 0 spiro atoms. The standard InChI is InChI=1S/C14H20ClNO/c1-16(11-14(17)7-2-3-8-14)10-12-5-4-6-13(15)9-12/h4-6,9,17H,2-3,7-8,10-11H2,1H3. The van der Waals surface area contributed by atoms with Gasteiger partial charge in [-0.05, 0) is 37.6 Å². The molecule has 0 atom stereocenters. The van der Waals surface area contributed by atoms with Gasteiger partial charge in [-0.15, -0.1) is 0 Å². The summed E-state index contributed by atoms with van der Waals surface area (Å²) in [6.07, 6.45) is 4.18. The first kappa shape index (κ1) is 12.9. The number of halogens is 1. The molecular weight excluding hydrogens is 234 g/mol.